The van der Waals surface area contributed by atoms with Gasteiger partial charge in [-0.05, 0) is 36.8 Å². The molecule has 0 spiro atoms. The van der Waals surface area contributed by atoms with E-state index < -0.39 is 0 Å². The fourth-order valence-corrected chi connectivity index (χ4v) is 2.37. The topological polar surface area (TPSA) is 25.7 Å². The maximum atomic E-state index is 5.25. The van der Waals surface area contributed by atoms with Crippen LogP contribution in [0.1, 0.15) is 11.1 Å². The zero-order valence-electron chi connectivity index (χ0n) is 11.7. The highest BCUT2D eigenvalue weighted by molar-refractivity contribution is 5.76. The number of benzene rings is 1. The van der Waals surface area contributed by atoms with Crippen molar-refractivity contribution in [1.82, 2.24) is 4.40 Å². The molecular formula is C17H17N2O. The van der Waals surface area contributed by atoms with Crippen LogP contribution in [0.15, 0.2) is 48.7 Å². The lowest BCUT2D eigenvalue weighted by Gasteiger charge is -2.08. The zero-order valence-corrected chi connectivity index (χ0v) is 11.7. The summed E-state index contributed by atoms with van der Waals surface area (Å²) in [5.41, 5.74) is 4.60. The van der Waals surface area contributed by atoms with Gasteiger partial charge in [0.2, 0.25) is 0 Å². The van der Waals surface area contributed by atoms with Gasteiger partial charge in [-0.15, -0.1) is 0 Å². The number of fused-ring (bicyclic) bond motifs is 1. The molecule has 0 saturated carbocycles. The van der Waals surface area contributed by atoms with Gasteiger partial charge in [0, 0.05) is 18.3 Å². The highest BCUT2D eigenvalue weighted by Gasteiger charge is 2.07. The van der Waals surface area contributed by atoms with E-state index in [1.807, 2.05) is 40.9 Å². The first kappa shape index (κ1) is 12.6. The summed E-state index contributed by atoms with van der Waals surface area (Å²) in [6.45, 7) is 2.83. The smallest absolute Gasteiger partial charge is 0.119 e. The minimum atomic E-state index is 0.764. The Bertz CT molecular complexity index is 731. The lowest BCUT2D eigenvalue weighted by Crippen LogP contribution is -2.00. The number of aromatic nitrogens is 1. The van der Waals surface area contributed by atoms with Crippen molar-refractivity contribution >= 4 is 11.2 Å². The van der Waals surface area contributed by atoms with E-state index in [1.165, 1.54) is 5.56 Å². The lowest BCUT2D eigenvalue weighted by molar-refractivity contribution is 0.414. The molecule has 2 aromatic heterocycles. The van der Waals surface area contributed by atoms with Gasteiger partial charge in [0.05, 0.1) is 24.5 Å². The van der Waals surface area contributed by atoms with Crippen molar-refractivity contribution < 1.29 is 4.74 Å². The number of hydrogen-bond donors (Lipinski definition) is 1. The summed E-state index contributed by atoms with van der Waals surface area (Å²) in [6.07, 6.45) is 5.33. The molecule has 0 unspecified atom stereocenters. The molecule has 2 heterocycles. The molecule has 0 aliphatic rings. The number of nitrogens with zero attached hydrogens (tertiary/aromatic N) is 1. The zero-order chi connectivity index (χ0) is 13.9. The van der Waals surface area contributed by atoms with Crippen molar-refractivity contribution in [3.8, 4) is 5.75 Å². The van der Waals surface area contributed by atoms with E-state index in [-0.39, 0.29) is 0 Å². The first-order valence-corrected chi connectivity index (χ1v) is 6.63. The van der Waals surface area contributed by atoms with Gasteiger partial charge in [0.25, 0.3) is 0 Å². The maximum absolute atomic E-state index is 5.25. The van der Waals surface area contributed by atoms with E-state index in [9.17, 15) is 0 Å². The van der Waals surface area contributed by atoms with Crippen molar-refractivity contribution in [1.29, 1.82) is 0 Å². The molecule has 0 aliphatic carbocycles. The highest BCUT2D eigenvalue weighted by atomic mass is 16.5. The fourth-order valence-electron chi connectivity index (χ4n) is 2.37. The van der Waals surface area contributed by atoms with Crippen molar-refractivity contribution in [2.75, 3.05) is 12.4 Å². The molecule has 0 fully saturated rings. The van der Waals surface area contributed by atoms with Gasteiger partial charge in [0.1, 0.15) is 5.75 Å². The predicted molar refractivity (Wildman–Crippen MR) is 81.3 cm³/mol. The van der Waals surface area contributed by atoms with Crippen molar-refractivity contribution in [2.45, 2.75) is 13.5 Å². The Morgan fingerprint density at radius 2 is 2.10 bits per heavy atom. The molecule has 3 rings (SSSR count). The molecule has 3 heteroatoms. The van der Waals surface area contributed by atoms with Gasteiger partial charge in [0.15, 0.2) is 0 Å². The van der Waals surface area contributed by atoms with E-state index in [1.54, 1.807) is 7.11 Å². The van der Waals surface area contributed by atoms with Crippen LogP contribution in [0.3, 0.4) is 0 Å². The van der Waals surface area contributed by atoms with Crippen LogP contribution in [0, 0.1) is 13.1 Å². The Kier molecular flexibility index (Phi) is 3.33. The number of ether oxygens (including phenoxy) is 1. The summed E-state index contributed by atoms with van der Waals surface area (Å²) in [6, 6.07) is 14.2. The number of anilines is 1. The number of pyridine rings is 1. The molecule has 0 bridgehead atoms. The average Bonchev–Trinajstić information content (AvgIpc) is 2.81. The Labute approximate surface area is 118 Å². The lowest BCUT2D eigenvalue weighted by atomic mass is 10.2. The molecule has 20 heavy (non-hydrogen) atoms. The van der Waals surface area contributed by atoms with Crippen LogP contribution in [0.4, 0.5) is 5.69 Å². The molecule has 3 nitrogen and oxygen atoms in total. The van der Waals surface area contributed by atoms with Crippen LogP contribution in [-0.2, 0) is 6.54 Å². The van der Waals surface area contributed by atoms with Crippen LogP contribution in [0.25, 0.3) is 5.52 Å². The quantitative estimate of drug-likeness (QED) is 0.778. The largest absolute Gasteiger partial charge is 0.497 e. The Hall–Kier alpha value is -2.42. The highest BCUT2D eigenvalue weighted by Crippen LogP contribution is 2.24. The molecule has 0 amide bonds. The number of rotatable bonds is 4. The van der Waals surface area contributed by atoms with Crippen molar-refractivity contribution in [2.24, 2.45) is 0 Å². The monoisotopic (exact) mass is 265 g/mol. The standard InChI is InChI=1S/C17H17N2O/c1-13-12-19-9-4-3-8-16(19)17(13)18-11-14-6-5-7-15(10-14)20-2/h3-10,18H,11H2,1-2H3. The van der Waals surface area contributed by atoms with Crippen molar-refractivity contribution in [3.63, 3.8) is 0 Å². The Balaban J connectivity index is 1.84. The first-order chi connectivity index (χ1) is 9.78. The molecule has 0 atom stereocenters. The minimum absolute atomic E-state index is 0.764. The van der Waals surface area contributed by atoms with Crippen LogP contribution < -0.4 is 10.1 Å². The first-order valence-electron chi connectivity index (χ1n) is 6.63. The third-order valence-corrected chi connectivity index (χ3v) is 3.38. The SMILES string of the molecule is COc1cccc(CNc2c(C)[c]n3ccccc23)c1. The van der Waals surface area contributed by atoms with Crippen LogP contribution in [0.5, 0.6) is 5.75 Å². The third kappa shape index (κ3) is 2.35. The van der Waals surface area contributed by atoms with Crippen molar-refractivity contribution in [3.05, 3.63) is 66.0 Å². The van der Waals surface area contributed by atoms with Gasteiger partial charge in [-0.2, -0.15) is 0 Å². The summed E-state index contributed by atoms with van der Waals surface area (Å²) in [4.78, 5) is 0. The van der Waals surface area contributed by atoms with E-state index in [4.69, 9.17) is 4.74 Å². The summed E-state index contributed by atoms with van der Waals surface area (Å²) in [7, 11) is 1.69. The average molecular weight is 265 g/mol. The van der Waals surface area contributed by atoms with Crippen LogP contribution in [-0.4, -0.2) is 11.5 Å². The van der Waals surface area contributed by atoms with Gasteiger partial charge in [-0.1, -0.05) is 18.2 Å². The fraction of sp³-hybridized carbons (Fsp3) is 0.176. The van der Waals surface area contributed by atoms with Crippen LogP contribution >= 0.6 is 0 Å². The minimum Gasteiger partial charge on any atom is -0.497 e. The maximum Gasteiger partial charge on any atom is 0.119 e. The summed E-state index contributed by atoms with van der Waals surface area (Å²) < 4.78 is 7.26. The van der Waals surface area contributed by atoms with Crippen LogP contribution in [0.2, 0.25) is 0 Å². The molecular weight excluding hydrogens is 248 g/mol. The molecule has 101 valence electrons. The molecule has 1 radical (unpaired) electrons. The number of nitrogens with one attached hydrogen (secondary N) is 1. The Morgan fingerprint density at radius 1 is 1.20 bits per heavy atom. The number of hydrogen-bond acceptors (Lipinski definition) is 2. The van der Waals surface area contributed by atoms with E-state index >= 15 is 0 Å². The molecule has 1 aromatic carbocycles. The third-order valence-electron chi connectivity index (χ3n) is 3.38. The van der Waals surface area contributed by atoms with Gasteiger partial charge in [-0.3, -0.25) is 0 Å². The summed E-state index contributed by atoms with van der Waals surface area (Å²) in [5, 5.41) is 3.50. The van der Waals surface area contributed by atoms with Gasteiger partial charge >= 0.3 is 0 Å². The molecule has 1 N–H and O–H groups in total. The summed E-state index contributed by atoms with van der Waals surface area (Å²) >= 11 is 0. The van der Waals surface area contributed by atoms with E-state index in [0.717, 1.165) is 29.1 Å². The molecule has 0 aliphatic heterocycles. The molecule has 0 saturated heterocycles. The number of methoxy groups -OCH3 is 1. The second-order valence-electron chi connectivity index (χ2n) is 4.77. The Morgan fingerprint density at radius 3 is 2.95 bits per heavy atom. The second kappa shape index (κ2) is 5.29. The van der Waals surface area contributed by atoms with E-state index in [0.29, 0.717) is 0 Å². The molecule has 3 aromatic rings. The van der Waals surface area contributed by atoms with Gasteiger partial charge in [-0.25, -0.2) is 0 Å². The predicted octanol–water partition coefficient (Wildman–Crippen LogP) is 3.67. The normalized spacial score (nSPS) is 10.7. The summed E-state index contributed by atoms with van der Waals surface area (Å²) in [5.74, 6) is 0.884. The second-order valence-corrected chi connectivity index (χ2v) is 4.77. The van der Waals surface area contributed by atoms with Gasteiger partial charge < -0.3 is 14.5 Å². The number of aryl methyl sites for hydroxylation is 1. The van der Waals surface area contributed by atoms with E-state index in [2.05, 4.69) is 30.6 Å².